The third kappa shape index (κ3) is 2.93. The Morgan fingerprint density at radius 1 is 0.696 bits per heavy atom. The number of benzene rings is 3. The van der Waals surface area contributed by atoms with Gasteiger partial charge in [0, 0.05) is 11.6 Å². The molecule has 0 aliphatic heterocycles. The Kier molecular flexibility index (Phi) is 3.82. The fourth-order valence-electron chi connectivity index (χ4n) is 2.46. The Hall–Kier alpha value is -2.75. The van der Waals surface area contributed by atoms with Crippen molar-refractivity contribution >= 4 is 0 Å². The minimum Gasteiger partial charge on any atom is -0.508 e. The van der Waals surface area contributed by atoms with E-state index < -0.39 is 17.5 Å². The smallest absolute Gasteiger partial charge is 0.134 e. The van der Waals surface area contributed by atoms with Gasteiger partial charge in [-0.3, -0.25) is 0 Å². The highest BCUT2D eigenvalue weighted by Crippen LogP contribution is 2.33. The zero-order chi connectivity index (χ0) is 16.6. The maximum atomic E-state index is 14.4. The summed E-state index contributed by atoms with van der Waals surface area (Å²) in [4.78, 5) is 0. The lowest BCUT2D eigenvalue weighted by atomic mass is 9.98. The van der Waals surface area contributed by atoms with E-state index in [0.29, 0.717) is 5.56 Å². The summed E-state index contributed by atoms with van der Waals surface area (Å²) in [6, 6.07) is 12.4. The van der Waals surface area contributed by atoms with E-state index in [1.54, 1.807) is 24.3 Å². The van der Waals surface area contributed by atoms with E-state index in [2.05, 4.69) is 0 Å². The van der Waals surface area contributed by atoms with E-state index in [-0.39, 0.29) is 22.4 Å². The minimum atomic E-state index is -0.767. The van der Waals surface area contributed by atoms with Gasteiger partial charge in [0.1, 0.15) is 23.2 Å². The number of hydrogen-bond acceptors (Lipinski definition) is 1. The maximum Gasteiger partial charge on any atom is 0.134 e. The molecule has 1 N–H and O–H groups in total. The van der Waals surface area contributed by atoms with Crippen molar-refractivity contribution in [3.05, 3.63) is 77.6 Å². The number of aryl methyl sites for hydroxylation is 1. The third-order valence-electron chi connectivity index (χ3n) is 3.65. The van der Waals surface area contributed by atoms with Gasteiger partial charge in [-0.15, -0.1) is 0 Å². The van der Waals surface area contributed by atoms with Gasteiger partial charge < -0.3 is 5.11 Å². The molecule has 4 heteroatoms. The summed E-state index contributed by atoms with van der Waals surface area (Å²) in [5, 5.41) is 9.22. The molecule has 0 fully saturated rings. The van der Waals surface area contributed by atoms with Gasteiger partial charge in [-0.05, 0) is 42.3 Å². The van der Waals surface area contributed by atoms with Crippen molar-refractivity contribution in [1.82, 2.24) is 0 Å². The fourth-order valence-corrected chi connectivity index (χ4v) is 2.46. The Labute approximate surface area is 131 Å². The van der Waals surface area contributed by atoms with Crippen LogP contribution in [0.25, 0.3) is 22.3 Å². The van der Waals surface area contributed by atoms with Crippen LogP contribution in [0.15, 0.2) is 54.6 Å². The number of halogens is 3. The lowest BCUT2D eigenvalue weighted by Crippen LogP contribution is -1.94. The van der Waals surface area contributed by atoms with Crippen molar-refractivity contribution in [3.63, 3.8) is 0 Å². The third-order valence-corrected chi connectivity index (χ3v) is 3.65. The average molecular weight is 314 g/mol. The van der Waals surface area contributed by atoms with Crippen LogP contribution in [0, 0.1) is 24.4 Å². The summed E-state index contributed by atoms with van der Waals surface area (Å²) >= 11 is 0. The van der Waals surface area contributed by atoms with Crippen molar-refractivity contribution in [2.75, 3.05) is 0 Å². The highest BCUT2D eigenvalue weighted by Gasteiger charge is 2.16. The van der Waals surface area contributed by atoms with Crippen molar-refractivity contribution in [2.24, 2.45) is 0 Å². The van der Waals surface area contributed by atoms with Crippen LogP contribution < -0.4 is 0 Å². The molecule has 0 unspecified atom stereocenters. The molecular weight excluding hydrogens is 301 g/mol. The van der Waals surface area contributed by atoms with Crippen molar-refractivity contribution < 1.29 is 18.3 Å². The van der Waals surface area contributed by atoms with Crippen LogP contribution in [0.4, 0.5) is 13.2 Å². The topological polar surface area (TPSA) is 20.2 Å². The minimum absolute atomic E-state index is 0.0241. The predicted octanol–water partition coefficient (Wildman–Crippen LogP) is 5.45. The van der Waals surface area contributed by atoms with Gasteiger partial charge in [-0.25, -0.2) is 13.2 Å². The molecule has 0 amide bonds. The molecule has 1 nitrogen and oxygen atoms in total. The van der Waals surface area contributed by atoms with E-state index in [1.807, 2.05) is 6.92 Å². The first kappa shape index (κ1) is 15.2. The number of hydrogen-bond donors (Lipinski definition) is 1. The normalized spacial score (nSPS) is 10.8. The second-order valence-corrected chi connectivity index (χ2v) is 5.35. The van der Waals surface area contributed by atoms with E-state index in [0.717, 1.165) is 23.8 Å². The van der Waals surface area contributed by atoms with Crippen LogP contribution in [-0.4, -0.2) is 5.11 Å². The van der Waals surface area contributed by atoms with Crippen molar-refractivity contribution in [3.8, 4) is 28.0 Å². The molecular formula is C19H13F3O. The van der Waals surface area contributed by atoms with E-state index >= 15 is 0 Å². The van der Waals surface area contributed by atoms with E-state index in [1.165, 1.54) is 12.1 Å². The van der Waals surface area contributed by atoms with Gasteiger partial charge in [0.2, 0.25) is 0 Å². The Morgan fingerprint density at radius 3 is 1.87 bits per heavy atom. The molecule has 0 aliphatic rings. The van der Waals surface area contributed by atoms with Crippen LogP contribution in [-0.2, 0) is 0 Å². The molecule has 0 spiro atoms. The molecule has 0 saturated carbocycles. The summed E-state index contributed by atoms with van der Waals surface area (Å²) in [5.74, 6) is -2.52. The molecule has 116 valence electrons. The van der Waals surface area contributed by atoms with E-state index in [9.17, 15) is 18.3 Å². The van der Waals surface area contributed by atoms with E-state index in [4.69, 9.17) is 0 Å². The first-order chi connectivity index (χ1) is 11.0. The molecule has 23 heavy (non-hydrogen) atoms. The Bertz CT molecular complexity index is 847. The monoisotopic (exact) mass is 314 g/mol. The largest absolute Gasteiger partial charge is 0.508 e. The molecule has 3 aromatic carbocycles. The summed E-state index contributed by atoms with van der Waals surface area (Å²) < 4.78 is 42.6. The lowest BCUT2D eigenvalue weighted by molar-refractivity contribution is 0.469. The first-order valence-electron chi connectivity index (χ1n) is 7.00. The van der Waals surface area contributed by atoms with Crippen LogP contribution in [0.1, 0.15) is 5.56 Å². The summed E-state index contributed by atoms with van der Waals surface area (Å²) in [6.45, 7) is 1.88. The summed E-state index contributed by atoms with van der Waals surface area (Å²) in [7, 11) is 0. The molecule has 3 aromatic rings. The molecule has 0 atom stereocenters. The zero-order valence-corrected chi connectivity index (χ0v) is 12.3. The van der Waals surface area contributed by atoms with Crippen LogP contribution in [0.2, 0.25) is 0 Å². The molecule has 3 rings (SSSR count). The highest BCUT2D eigenvalue weighted by molar-refractivity contribution is 5.72. The predicted molar refractivity (Wildman–Crippen MR) is 83.6 cm³/mol. The van der Waals surface area contributed by atoms with Crippen LogP contribution >= 0.6 is 0 Å². The Balaban J connectivity index is 2.12. The molecule has 0 radical (unpaired) electrons. The standard InChI is InChI=1S/C19H13F3O/c1-11-2-4-12(5-3-11)19-17(21)8-13(9-18(19)22)15-7-6-14(23)10-16(15)20/h2-10,23H,1H3. The molecule has 0 aliphatic carbocycles. The maximum absolute atomic E-state index is 14.4. The number of rotatable bonds is 2. The molecule has 0 saturated heterocycles. The summed E-state index contributed by atoms with van der Waals surface area (Å²) in [6.07, 6.45) is 0. The van der Waals surface area contributed by atoms with Crippen molar-refractivity contribution in [1.29, 1.82) is 0 Å². The highest BCUT2D eigenvalue weighted by atomic mass is 19.1. The molecule has 0 aromatic heterocycles. The van der Waals surface area contributed by atoms with Gasteiger partial charge >= 0.3 is 0 Å². The zero-order valence-electron chi connectivity index (χ0n) is 12.3. The van der Waals surface area contributed by atoms with Gasteiger partial charge in [0.05, 0.1) is 5.56 Å². The SMILES string of the molecule is Cc1ccc(-c2c(F)cc(-c3ccc(O)cc3F)cc2F)cc1. The quantitative estimate of drug-likeness (QED) is 0.666. The first-order valence-corrected chi connectivity index (χ1v) is 7.00. The molecule has 0 heterocycles. The van der Waals surface area contributed by atoms with Gasteiger partial charge in [-0.2, -0.15) is 0 Å². The fraction of sp³-hybridized carbons (Fsp3) is 0.0526. The lowest BCUT2D eigenvalue weighted by Gasteiger charge is -2.10. The van der Waals surface area contributed by atoms with Gasteiger partial charge in [-0.1, -0.05) is 29.8 Å². The second kappa shape index (κ2) is 5.80. The average Bonchev–Trinajstić information content (AvgIpc) is 2.48. The Morgan fingerprint density at radius 2 is 1.30 bits per heavy atom. The summed E-state index contributed by atoms with van der Waals surface area (Å²) in [5.41, 5.74) is 1.36. The second-order valence-electron chi connectivity index (χ2n) is 5.35. The number of phenols is 1. The number of phenolic OH excluding ortho intramolecular Hbond substituents is 1. The van der Waals surface area contributed by atoms with Crippen LogP contribution in [0.5, 0.6) is 5.75 Å². The molecule has 0 bridgehead atoms. The van der Waals surface area contributed by atoms with Gasteiger partial charge in [0.15, 0.2) is 0 Å². The van der Waals surface area contributed by atoms with Gasteiger partial charge in [0.25, 0.3) is 0 Å². The van der Waals surface area contributed by atoms with Crippen molar-refractivity contribution in [2.45, 2.75) is 6.92 Å². The van der Waals surface area contributed by atoms with Crippen LogP contribution in [0.3, 0.4) is 0 Å². The number of aromatic hydroxyl groups is 1.